The number of fused-ring (bicyclic) bond motifs is 1. The first kappa shape index (κ1) is 21.8. The fourth-order valence-electron chi connectivity index (χ4n) is 4.02. The highest BCUT2D eigenvalue weighted by Gasteiger charge is 2.18. The summed E-state index contributed by atoms with van der Waals surface area (Å²) in [6, 6.07) is 13.4. The van der Waals surface area contributed by atoms with Gasteiger partial charge in [0.05, 0.1) is 11.6 Å². The van der Waals surface area contributed by atoms with E-state index < -0.39 is 0 Å². The van der Waals surface area contributed by atoms with Crippen molar-refractivity contribution >= 4 is 34.0 Å². The summed E-state index contributed by atoms with van der Waals surface area (Å²) in [5.41, 5.74) is 5.40. The monoisotopic (exact) mass is 448 g/mol. The molecule has 2 aromatic carbocycles. The van der Waals surface area contributed by atoms with Crippen molar-refractivity contribution < 1.29 is 4.79 Å². The van der Waals surface area contributed by atoms with Crippen LogP contribution in [-0.4, -0.2) is 20.3 Å². The van der Waals surface area contributed by atoms with Crippen LogP contribution in [0.15, 0.2) is 53.5 Å². The number of hydrogen-bond donors (Lipinski definition) is 1. The number of rotatable bonds is 5. The number of amides is 1. The number of carbonyl (C=O) groups is 1. The van der Waals surface area contributed by atoms with Crippen LogP contribution in [0.2, 0.25) is 5.02 Å². The number of anilines is 1. The van der Waals surface area contributed by atoms with E-state index in [1.807, 2.05) is 70.2 Å². The summed E-state index contributed by atoms with van der Waals surface area (Å²) in [5, 5.41) is 9.21. The number of halogens is 1. The lowest BCUT2D eigenvalue weighted by Crippen LogP contribution is -2.29. The van der Waals surface area contributed by atoms with Crippen LogP contribution in [0, 0.1) is 27.7 Å². The Balaban J connectivity index is 1.65. The van der Waals surface area contributed by atoms with Crippen molar-refractivity contribution in [3.05, 3.63) is 92.1 Å². The van der Waals surface area contributed by atoms with Gasteiger partial charge >= 0.3 is 0 Å². The Morgan fingerprint density at radius 1 is 1.06 bits per heavy atom. The van der Waals surface area contributed by atoms with Gasteiger partial charge in [0, 0.05) is 34.0 Å². The molecule has 0 aliphatic heterocycles. The largest absolute Gasteiger partial charge is 0.343 e. The Kier molecular flexibility index (Phi) is 5.89. The van der Waals surface area contributed by atoms with Gasteiger partial charge in [-0.3, -0.25) is 9.59 Å². The summed E-state index contributed by atoms with van der Waals surface area (Å²) in [6.07, 6.45) is 1.67. The van der Waals surface area contributed by atoms with E-state index in [2.05, 4.69) is 15.0 Å². The molecule has 32 heavy (non-hydrogen) atoms. The number of nitrogens with zero attached hydrogens (tertiary/aromatic N) is 3. The van der Waals surface area contributed by atoms with E-state index in [-0.39, 0.29) is 18.0 Å². The van der Waals surface area contributed by atoms with Crippen molar-refractivity contribution in [3.63, 3.8) is 0 Å². The van der Waals surface area contributed by atoms with Gasteiger partial charge in [-0.15, -0.1) is 0 Å². The Bertz CT molecular complexity index is 1400. The molecule has 7 heteroatoms. The van der Waals surface area contributed by atoms with Crippen LogP contribution in [-0.2, 0) is 17.9 Å². The van der Waals surface area contributed by atoms with Gasteiger partial charge in [0.25, 0.3) is 5.56 Å². The average molecular weight is 449 g/mol. The molecule has 2 heterocycles. The van der Waals surface area contributed by atoms with Crippen molar-refractivity contribution in [2.45, 2.75) is 40.8 Å². The first-order valence-corrected chi connectivity index (χ1v) is 10.8. The minimum Gasteiger partial charge on any atom is -0.343 e. The third kappa shape index (κ3) is 4.06. The highest BCUT2D eigenvalue weighted by atomic mass is 35.5. The van der Waals surface area contributed by atoms with E-state index in [0.717, 1.165) is 39.2 Å². The highest BCUT2D eigenvalue weighted by Crippen LogP contribution is 2.24. The summed E-state index contributed by atoms with van der Waals surface area (Å²) in [5.74, 6) is -0.291. The molecule has 164 valence electrons. The molecule has 0 atom stereocenters. The minimum atomic E-state index is -0.291. The zero-order valence-electron chi connectivity index (χ0n) is 18.6. The number of aromatic nitrogens is 3. The molecule has 0 aliphatic rings. The smallest absolute Gasteiger partial charge is 0.276 e. The average Bonchev–Trinajstić information content (AvgIpc) is 2.98. The van der Waals surface area contributed by atoms with Gasteiger partial charge in [-0.05, 0) is 62.6 Å². The van der Waals surface area contributed by atoms with Crippen LogP contribution in [0.25, 0.3) is 10.8 Å². The van der Waals surface area contributed by atoms with Gasteiger partial charge in [-0.1, -0.05) is 35.9 Å². The van der Waals surface area contributed by atoms with E-state index >= 15 is 0 Å². The predicted octanol–water partition coefficient (Wildman–Crippen LogP) is 4.77. The zero-order valence-corrected chi connectivity index (χ0v) is 19.3. The van der Waals surface area contributed by atoms with Crippen LogP contribution >= 0.6 is 11.6 Å². The Hall–Kier alpha value is -3.38. The minimum absolute atomic E-state index is 0.153. The molecule has 0 bridgehead atoms. The molecular weight excluding hydrogens is 424 g/mol. The number of carbonyl (C=O) groups excluding carboxylic acids is 1. The summed E-state index contributed by atoms with van der Waals surface area (Å²) in [7, 11) is 0. The second-order valence-electron chi connectivity index (χ2n) is 8.08. The molecule has 0 saturated heterocycles. The summed E-state index contributed by atoms with van der Waals surface area (Å²) < 4.78 is 3.30. The molecule has 4 rings (SSSR count). The Labute approximate surface area is 191 Å². The fraction of sp³-hybridized carbons (Fsp3) is 0.240. The highest BCUT2D eigenvalue weighted by molar-refractivity contribution is 6.30. The Morgan fingerprint density at radius 2 is 1.81 bits per heavy atom. The van der Waals surface area contributed by atoms with E-state index in [1.54, 1.807) is 6.20 Å². The first-order valence-electron chi connectivity index (χ1n) is 10.4. The van der Waals surface area contributed by atoms with Gasteiger partial charge in [0.1, 0.15) is 6.54 Å². The topological polar surface area (TPSA) is 68.9 Å². The van der Waals surface area contributed by atoms with Gasteiger partial charge < -0.3 is 9.88 Å². The number of benzene rings is 2. The predicted molar refractivity (Wildman–Crippen MR) is 129 cm³/mol. The molecule has 0 radical (unpaired) electrons. The molecular formula is C25H25ClN4O2. The van der Waals surface area contributed by atoms with Gasteiger partial charge in [-0.2, -0.15) is 5.10 Å². The summed E-state index contributed by atoms with van der Waals surface area (Å²) in [6.45, 7) is 8.28. The van der Waals surface area contributed by atoms with Crippen LogP contribution < -0.4 is 10.9 Å². The molecule has 1 amide bonds. The standard InChI is InChI=1S/C25H25ClN4O2/c1-15-7-5-10-22(16(15)2)28-23(31)14-30-25(32)24-18(4)29(17(3)21(24)12-27-30)13-19-8-6-9-20(26)11-19/h5-12H,13-14H2,1-4H3,(H,28,31). The van der Waals surface area contributed by atoms with Crippen molar-refractivity contribution in [1.82, 2.24) is 14.3 Å². The van der Waals surface area contributed by atoms with E-state index in [0.29, 0.717) is 17.0 Å². The molecule has 4 aromatic rings. The van der Waals surface area contributed by atoms with Crippen molar-refractivity contribution in [2.75, 3.05) is 5.32 Å². The maximum absolute atomic E-state index is 13.2. The maximum atomic E-state index is 13.2. The van der Waals surface area contributed by atoms with Crippen molar-refractivity contribution in [1.29, 1.82) is 0 Å². The quantitative estimate of drug-likeness (QED) is 0.478. The molecule has 6 nitrogen and oxygen atoms in total. The van der Waals surface area contributed by atoms with Crippen molar-refractivity contribution in [3.8, 4) is 0 Å². The van der Waals surface area contributed by atoms with Crippen LogP contribution in [0.5, 0.6) is 0 Å². The van der Waals surface area contributed by atoms with E-state index in [9.17, 15) is 9.59 Å². The molecule has 0 saturated carbocycles. The summed E-state index contributed by atoms with van der Waals surface area (Å²) in [4.78, 5) is 25.9. The van der Waals surface area contributed by atoms with Crippen LogP contribution in [0.3, 0.4) is 0 Å². The lowest BCUT2D eigenvalue weighted by Gasteiger charge is -2.11. The fourth-order valence-corrected chi connectivity index (χ4v) is 4.24. The second-order valence-corrected chi connectivity index (χ2v) is 8.52. The molecule has 1 N–H and O–H groups in total. The van der Waals surface area contributed by atoms with Gasteiger partial charge in [0.2, 0.25) is 5.91 Å². The van der Waals surface area contributed by atoms with E-state index in [1.165, 1.54) is 4.68 Å². The SMILES string of the molecule is Cc1cccc(NC(=O)Cn2ncc3c(C)n(Cc4cccc(Cl)c4)c(C)c3c2=O)c1C. The Morgan fingerprint density at radius 3 is 2.56 bits per heavy atom. The third-order valence-corrected chi connectivity index (χ3v) is 6.24. The maximum Gasteiger partial charge on any atom is 0.276 e. The third-order valence-electron chi connectivity index (χ3n) is 6.01. The molecule has 2 aromatic heterocycles. The molecule has 0 spiro atoms. The van der Waals surface area contributed by atoms with Gasteiger partial charge in [-0.25, -0.2) is 4.68 Å². The molecule has 0 unspecified atom stereocenters. The first-order chi connectivity index (χ1) is 15.3. The normalized spacial score (nSPS) is 11.2. The van der Waals surface area contributed by atoms with Crippen LogP contribution in [0.4, 0.5) is 5.69 Å². The van der Waals surface area contributed by atoms with Crippen molar-refractivity contribution in [2.24, 2.45) is 0 Å². The number of nitrogens with one attached hydrogen (secondary N) is 1. The van der Waals surface area contributed by atoms with Gasteiger partial charge in [0.15, 0.2) is 0 Å². The number of hydrogen-bond acceptors (Lipinski definition) is 3. The zero-order chi connectivity index (χ0) is 23.0. The lowest BCUT2D eigenvalue weighted by molar-refractivity contribution is -0.117. The second kappa shape index (κ2) is 8.63. The molecule has 0 aliphatic carbocycles. The number of aryl methyl sites for hydroxylation is 3. The molecule has 0 fully saturated rings. The van der Waals surface area contributed by atoms with E-state index in [4.69, 9.17) is 11.6 Å². The summed E-state index contributed by atoms with van der Waals surface area (Å²) >= 11 is 6.13. The lowest BCUT2D eigenvalue weighted by atomic mass is 10.1. The van der Waals surface area contributed by atoms with Crippen LogP contribution in [0.1, 0.15) is 28.1 Å².